The molecule has 2 aromatic heterocycles. The molecule has 0 bridgehead atoms. The van der Waals surface area contributed by atoms with Gasteiger partial charge in [0.25, 0.3) is 0 Å². The highest BCUT2D eigenvalue weighted by Crippen LogP contribution is 2.74. The normalized spacial score (nSPS) is 39.0. The fourth-order valence-corrected chi connectivity index (χ4v) is 20.2. The molecular formula is C68H104N2O6S. The molecule has 6 saturated carbocycles. The van der Waals surface area contributed by atoms with Crippen molar-refractivity contribution in [1.82, 2.24) is 0 Å². The molecule has 2 aromatic rings. The predicted octanol–water partition coefficient (Wildman–Crippen LogP) is 15.7. The number of carbonyl (C=O) groups excluding carboxylic acids is 2. The van der Waals surface area contributed by atoms with E-state index in [-0.39, 0.29) is 21.7 Å². The summed E-state index contributed by atoms with van der Waals surface area (Å²) in [6.45, 7) is 29.3. The number of nitrogens with zero attached hydrogens (tertiary/aromatic N) is 2. The minimum atomic E-state index is -5.17. The lowest BCUT2D eigenvalue weighted by molar-refractivity contribution is -0.728. The molecule has 77 heavy (non-hydrogen) atoms. The minimum absolute atomic E-state index is 0.138. The van der Waals surface area contributed by atoms with Crippen LogP contribution in [0, 0.1) is 91.7 Å². The van der Waals surface area contributed by atoms with Crippen molar-refractivity contribution in [3.05, 3.63) is 84.5 Å². The van der Waals surface area contributed by atoms with Gasteiger partial charge in [-0.2, -0.15) is 0 Å². The lowest BCUT2D eigenvalue weighted by atomic mass is 9.42. The number of hydrogen-bond donors (Lipinski definition) is 0. The summed E-state index contributed by atoms with van der Waals surface area (Å²) in [5.74, 6) is 7.82. The Kier molecular flexibility index (Phi) is 18.3. The Morgan fingerprint density at radius 2 is 0.896 bits per heavy atom. The van der Waals surface area contributed by atoms with Crippen molar-refractivity contribution < 1.29 is 36.2 Å². The highest BCUT2D eigenvalue weighted by atomic mass is 32.3. The molecule has 0 aliphatic heterocycles. The van der Waals surface area contributed by atoms with Gasteiger partial charge in [0.05, 0.1) is 10.8 Å². The van der Waals surface area contributed by atoms with E-state index in [1.54, 1.807) is 11.1 Å². The molecule has 0 saturated heterocycles. The molecule has 2 heterocycles. The summed E-state index contributed by atoms with van der Waals surface area (Å²) >= 11 is 0. The van der Waals surface area contributed by atoms with Crippen LogP contribution >= 0.6 is 0 Å². The lowest BCUT2D eigenvalue weighted by Crippen LogP contribution is -2.56. The van der Waals surface area contributed by atoms with E-state index >= 15 is 0 Å². The van der Waals surface area contributed by atoms with Gasteiger partial charge in [-0.25, -0.2) is 9.13 Å². The Morgan fingerprint density at radius 3 is 1.22 bits per heavy atom. The van der Waals surface area contributed by atoms with Crippen LogP contribution in [0.5, 0.6) is 0 Å². The number of ketones is 2. The summed E-state index contributed by atoms with van der Waals surface area (Å²) in [5, 5.41) is 0. The molecule has 0 radical (unpaired) electrons. The van der Waals surface area contributed by atoms with Gasteiger partial charge >= 0.3 is 0 Å². The van der Waals surface area contributed by atoms with Gasteiger partial charge in [0.1, 0.15) is 11.6 Å². The standard InChI is InChI=1S/2C34H52NO.H2O4S/c2*1-7-34-29-15-14-26-22-27(35-20-9-8-10-21-35)16-18-32(26,5)28(29)17-19-33(34,6)30(23-31(34)36)25(4)13-11-12-24(2)3;1-5(2,3)4/h2*8-10,15,20-21,24-28,30H,7,11-14,16-19,22-23H2,1-6H3;(H2,1,2,3,4)/q2*+1;/p-2/t2*25-,26+,27+,28?,30-,32+,33-,34-;/m11./s1. The number of pyridine rings is 2. The van der Waals surface area contributed by atoms with E-state index in [2.05, 4.69) is 166 Å². The lowest BCUT2D eigenvalue weighted by Gasteiger charge is -2.61. The number of fused-ring (bicyclic) bond motifs is 10. The number of rotatable bonds is 14. The van der Waals surface area contributed by atoms with Crippen LogP contribution in [0.1, 0.15) is 236 Å². The van der Waals surface area contributed by atoms with E-state index < -0.39 is 10.4 Å². The van der Waals surface area contributed by atoms with Crippen molar-refractivity contribution >= 4 is 22.0 Å². The molecule has 6 fully saturated rings. The third-order valence-corrected chi connectivity index (χ3v) is 24.5. The number of carbonyl (C=O) groups is 2. The van der Waals surface area contributed by atoms with Crippen molar-refractivity contribution in [3.63, 3.8) is 0 Å². The maximum atomic E-state index is 14.2. The molecular weight excluding hydrogens is 973 g/mol. The van der Waals surface area contributed by atoms with Crippen LogP contribution in [0.15, 0.2) is 84.5 Å². The zero-order valence-corrected chi connectivity index (χ0v) is 51.0. The number of allylic oxidation sites excluding steroid dienone is 4. The summed E-state index contributed by atoms with van der Waals surface area (Å²) in [7, 11) is -5.17. The SMILES string of the molecule is CC[C@@]12C(=O)C[C@H]([C@H](C)CCCC(C)C)[C@@]1(C)CCC1C2=CC[C@H]2C[C@@H]([n+]3ccccc3)CC[C@]12C.CC[C@@]12C(=O)C[C@H]([C@H](C)CCCC(C)C)[C@@]1(C)CCC1C2=CC[C@H]2C[C@@H]([n+]3ccccc3)CC[C@]12C.O=S(=O)([O-])[O-]. The Labute approximate surface area is 468 Å². The first-order chi connectivity index (χ1) is 36.3. The van der Waals surface area contributed by atoms with E-state index in [1.807, 2.05) is 0 Å². The largest absolute Gasteiger partial charge is 0.759 e. The topological polar surface area (TPSA) is 122 Å². The van der Waals surface area contributed by atoms with Gasteiger partial charge in [-0.05, 0) is 145 Å². The highest BCUT2D eigenvalue weighted by Gasteiger charge is 2.70. The smallest absolute Gasteiger partial charge is 0.169 e. The molecule has 8 aliphatic carbocycles. The second-order valence-electron chi connectivity index (χ2n) is 28.7. The molecule has 8 aliphatic rings. The van der Waals surface area contributed by atoms with Gasteiger partial charge in [0.15, 0.2) is 36.9 Å². The van der Waals surface area contributed by atoms with Gasteiger partial charge in [0, 0.05) is 73.2 Å². The van der Waals surface area contributed by atoms with E-state index in [0.717, 1.165) is 49.4 Å². The summed E-state index contributed by atoms with van der Waals surface area (Å²) < 4.78 is 39.0. The average Bonchev–Trinajstić information content (AvgIpc) is 3.83. The quantitative estimate of drug-likeness (QED) is 0.0804. The van der Waals surface area contributed by atoms with E-state index in [9.17, 15) is 9.59 Å². The molecule has 0 spiro atoms. The monoisotopic (exact) mass is 1080 g/mol. The first kappa shape index (κ1) is 60.1. The van der Waals surface area contributed by atoms with Crippen LogP contribution in [0.4, 0.5) is 0 Å². The van der Waals surface area contributed by atoms with E-state index in [0.29, 0.717) is 70.0 Å². The van der Waals surface area contributed by atoms with Crippen molar-refractivity contribution in [2.45, 2.75) is 236 Å². The van der Waals surface area contributed by atoms with Crippen LogP contribution in [0.3, 0.4) is 0 Å². The fourth-order valence-electron chi connectivity index (χ4n) is 20.2. The van der Waals surface area contributed by atoms with E-state index in [4.69, 9.17) is 17.5 Å². The Bertz CT molecular complexity index is 2380. The van der Waals surface area contributed by atoms with Gasteiger partial charge in [-0.3, -0.25) is 18.0 Å². The zero-order valence-electron chi connectivity index (χ0n) is 50.2. The zero-order chi connectivity index (χ0) is 55.9. The van der Waals surface area contributed by atoms with Crippen molar-refractivity contribution in [2.75, 3.05) is 0 Å². The Hall–Kier alpha value is -3.01. The van der Waals surface area contributed by atoms with Crippen molar-refractivity contribution in [1.29, 1.82) is 0 Å². The first-order valence-corrected chi connectivity index (χ1v) is 32.7. The molecule has 8 nitrogen and oxygen atoms in total. The molecule has 2 unspecified atom stereocenters. The maximum Gasteiger partial charge on any atom is 0.169 e. The molecule has 16 atom stereocenters. The predicted molar refractivity (Wildman–Crippen MR) is 307 cm³/mol. The molecule has 0 N–H and O–H groups in total. The molecule has 0 amide bonds. The first-order valence-electron chi connectivity index (χ1n) is 31.4. The Morgan fingerprint density at radius 1 is 0.545 bits per heavy atom. The van der Waals surface area contributed by atoms with Crippen LogP contribution in [-0.4, -0.2) is 29.1 Å². The van der Waals surface area contributed by atoms with Gasteiger partial charge in [0.2, 0.25) is 0 Å². The second kappa shape index (κ2) is 23.5. The van der Waals surface area contributed by atoms with E-state index in [1.165, 1.54) is 116 Å². The summed E-state index contributed by atoms with van der Waals surface area (Å²) in [4.78, 5) is 28.4. The Balaban J connectivity index is 0.000000187. The third-order valence-electron chi connectivity index (χ3n) is 24.5. The maximum absolute atomic E-state index is 14.2. The molecule has 10 rings (SSSR count). The second-order valence-corrected chi connectivity index (χ2v) is 29.5. The van der Waals surface area contributed by atoms with Crippen LogP contribution < -0.4 is 9.13 Å². The highest BCUT2D eigenvalue weighted by molar-refractivity contribution is 7.79. The third kappa shape index (κ3) is 11.0. The van der Waals surface area contributed by atoms with Gasteiger partial charge in [-0.15, -0.1) is 0 Å². The summed E-state index contributed by atoms with van der Waals surface area (Å²) in [6.07, 6.45) is 40.9. The van der Waals surface area contributed by atoms with Crippen molar-refractivity contribution in [3.8, 4) is 0 Å². The van der Waals surface area contributed by atoms with Crippen LogP contribution in [0.2, 0.25) is 0 Å². The number of hydrogen-bond acceptors (Lipinski definition) is 6. The number of aromatic nitrogens is 2. The van der Waals surface area contributed by atoms with Crippen LogP contribution in [0.25, 0.3) is 0 Å². The molecule has 0 aromatic carbocycles. The molecule has 9 heteroatoms. The summed E-state index contributed by atoms with van der Waals surface area (Å²) in [6, 6.07) is 14.2. The fraction of sp³-hybridized carbons (Fsp3) is 0.765. The minimum Gasteiger partial charge on any atom is -0.759 e. The molecule has 428 valence electrons. The number of Topliss-reactive ketones (excluding diaryl/α,β-unsaturated/α-hetero) is 2. The van der Waals surface area contributed by atoms with Crippen molar-refractivity contribution in [2.24, 2.45) is 91.7 Å². The van der Waals surface area contributed by atoms with Gasteiger partial charge in [-0.1, -0.05) is 157 Å². The average molecular weight is 1080 g/mol. The van der Waals surface area contributed by atoms with Gasteiger partial charge < -0.3 is 9.11 Å². The van der Waals surface area contributed by atoms with Crippen LogP contribution in [-0.2, 0) is 20.0 Å². The summed E-state index contributed by atoms with van der Waals surface area (Å²) in [5.41, 5.74) is 3.77.